The maximum absolute atomic E-state index is 6.43. The van der Waals surface area contributed by atoms with Gasteiger partial charge in [-0.2, -0.15) is 37.9 Å². The van der Waals surface area contributed by atoms with Gasteiger partial charge >= 0.3 is 0 Å². The highest BCUT2D eigenvalue weighted by Crippen LogP contribution is 3.42. The van der Waals surface area contributed by atoms with Crippen LogP contribution in [0.1, 0.15) is 59.8 Å². The molecule has 0 aromatic carbocycles. The Balaban J connectivity index is 0.681. The molecule has 0 aromatic heterocycles. The van der Waals surface area contributed by atoms with E-state index in [1.54, 1.807) is 19.3 Å². The van der Waals surface area contributed by atoms with Gasteiger partial charge in [0.15, 0.2) is 0 Å². The summed E-state index contributed by atoms with van der Waals surface area (Å²) in [5, 5.41) is 0.746. The van der Waals surface area contributed by atoms with Crippen LogP contribution in [-0.4, -0.2) is 14.7 Å². The van der Waals surface area contributed by atoms with E-state index in [0.717, 1.165) is 152 Å². The lowest BCUT2D eigenvalue weighted by Crippen LogP contribution is -3.07. The van der Waals surface area contributed by atoms with E-state index in [2.05, 4.69) is 27.7 Å². The number of hydrogen-bond donors (Lipinski definition) is 3. The van der Waals surface area contributed by atoms with Gasteiger partial charge in [0.1, 0.15) is 0 Å². The highest BCUT2D eigenvalue weighted by atomic mass is 32.1. The van der Waals surface area contributed by atoms with Crippen molar-refractivity contribution in [2.75, 3.05) is 0 Å². The van der Waals surface area contributed by atoms with E-state index in [-0.39, 0.29) is 0 Å². The fourth-order valence-electron chi connectivity index (χ4n) is 55.8. The number of fused-ring (bicyclic) bond motifs is 25. The molecule has 0 saturated heterocycles. The van der Waals surface area contributed by atoms with Crippen LogP contribution < -0.4 is 0 Å². The Bertz CT molecular complexity index is 3630. The predicted molar refractivity (Wildman–Crippen MR) is 254 cm³/mol. The summed E-state index contributed by atoms with van der Waals surface area (Å²) in [5.74, 6) is 45.6. The Morgan fingerprint density at radius 3 is 1.51 bits per heavy atom. The van der Waals surface area contributed by atoms with Crippen LogP contribution >= 0.6 is 37.9 Å². The van der Waals surface area contributed by atoms with Crippen LogP contribution in [0.5, 0.6) is 0 Å². The second-order valence-electron chi connectivity index (χ2n) is 39.0. The smallest absolute Gasteiger partial charge is 0.0234 e. The Labute approximate surface area is 421 Å². The first-order valence-electron chi connectivity index (χ1n) is 32.8. The molecule has 0 nitrogen and oxygen atoms in total. The van der Waals surface area contributed by atoms with Crippen molar-refractivity contribution in [2.24, 2.45) is 312 Å². The van der Waals surface area contributed by atoms with Crippen molar-refractivity contribution >= 4 is 37.9 Å². The Morgan fingerprint density at radius 2 is 0.913 bits per heavy atom. The highest BCUT2D eigenvalue weighted by Gasteiger charge is 3.40. The fraction of sp³-hybridized carbons (Fsp3) is 1.00. The zero-order chi connectivity index (χ0) is 42.1. The molecule has 0 amide bonds. The first-order valence-corrected chi connectivity index (χ1v) is 34.2. The van der Waals surface area contributed by atoms with Crippen LogP contribution in [0, 0.1) is 312 Å². The third kappa shape index (κ3) is 1.15. The van der Waals surface area contributed by atoms with Gasteiger partial charge in [-0.25, -0.2) is 0 Å². The van der Waals surface area contributed by atoms with Crippen molar-refractivity contribution in [3.8, 4) is 0 Å². The minimum Gasteiger partial charge on any atom is -0.175 e. The highest BCUT2D eigenvalue weighted by molar-refractivity contribution is 7.82. The molecular weight excluding hydrogens is 889 g/mol. The van der Waals surface area contributed by atoms with Crippen LogP contribution in [-0.2, 0) is 0 Å². The van der Waals surface area contributed by atoms with E-state index in [0.29, 0.717) is 20.3 Å². The van der Waals surface area contributed by atoms with Gasteiger partial charge in [0.25, 0.3) is 0 Å². The van der Waals surface area contributed by atoms with Gasteiger partial charge in [0, 0.05) is 14.7 Å². The summed E-state index contributed by atoms with van der Waals surface area (Å²) in [6.07, 6.45) is 7.87. The molecule has 56 unspecified atom stereocenters. The minimum absolute atomic E-state index is 0.390. The molecule has 0 aliphatic heterocycles. The van der Waals surface area contributed by atoms with Gasteiger partial charge in [-0.15, -0.1) is 0 Å². The molecule has 35 aliphatic rings. The zero-order valence-corrected chi connectivity index (χ0v) is 43.1. The van der Waals surface area contributed by atoms with Crippen LogP contribution in [0.4, 0.5) is 0 Å². The summed E-state index contributed by atoms with van der Waals surface area (Å²) < 4.78 is 0.831. The maximum atomic E-state index is 6.43. The van der Waals surface area contributed by atoms with E-state index >= 15 is 0 Å². The van der Waals surface area contributed by atoms with Gasteiger partial charge in [0.05, 0.1) is 0 Å². The summed E-state index contributed by atoms with van der Waals surface area (Å²) in [4.78, 5) is 0. The summed E-state index contributed by atoms with van der Waals surface area (Å²) in [5.41, 5.74) is 14.0. The summed E-state index contributed by atoms with van der Waals surface area (Å²) in [7, 11) is 0. The van der Waals surface area contributed by atoms with E-state index in [1.807, 2.05) is 0 Å². The largest absolute Gasteiger partial charge is 0.175 e. The molecule has 15 spiro atoms. The zero-order valence-electron chi connectivity index (χ0n) is 40.4. The average Bonchev–Trinajstić information content (AvgIpc) is 3.75. The number of hydrogen-bond acceptors (Lipinski definition) is 3. The Morgan fingerprint density at radius 1 is 0.420 bits per heavy atom. The van der Waals surface area contributed by atoms with Crippen molar-refractivity contribution in [3.05, 3.63) is 0 Å². The average molecular weight is 953 g/mol. The van der Waals surface area contributed by atoms with Gasteiger partial charge < -0.3 is 0 Å². The molecule has 346 valence electrons. The Kier molecular flexibility index (Phi) is 2.68. The second kappa shape index (κ2) is 5.99. The van der Waals surface area contributed by atoms with E-state index < -0.39 is 0 Å². The molecule has 3 bridgehead atoms. The molecular formula is C66H64S3. The van der Waals surface area contributed by atoms with Gasteiger partial charge in [-0.05, 0) is 331 Å². The monoisotopic (exact) mass is 952 g/mol. The number of rotatable bonds is 2. The van der Waals surface area contributed by atoms with Crippen LogP contribution in [0.3, 0.4) is 0 Å². The molecule has 0 radical (unpaired) electrons. The summed E-state index contributed by atoms with van der Waals surface area (Å²) in [6.45, 7) is 11.9. The van der Waals surface area contributed by atoms with Crippen molar-refractivity contribution in [1.29, 1.82) is 0 Å². The Hall–Kier alpha value is 1.05. The van der Waals surface area contributed by atoms with Gasteiger partial charge in [0.2, 0.25) is 0 Å². The summed E-state index contributed by atoms with van der Waals surface area (Å²) >= 11 is 18.8. The molecule has 0 N–H and O–H groups in total. The van der Waals surface area contributed by atoms with Crippen LogP contribution in [0.15, 0.2) is 0 Å². The third-order valence-corrected chi connectivity index (χ3v) is 50.1. The lowest BCUT2D eigenvalue weighted by Gasteiger charge is -3.08. The lowest BCUT2D eigenvalue weighted by atomic mass is 8.95. The van der Waals surface area contributed by atoms with E-state index in [4.69, 9.17) is 37.9 Å². The lowest BCUT2D eigenvalue weighted by molar-refractivity contribution is -0.625. The first kappa shape index (κ1) is 30.8. The molecule has 35 aliphatic carbocycles. The topological polar surface area (TPSA) is 0 Å². The van der Waals surface area contributed by atoms with Gasteiger partial charge in [-0.1, -0.05) is 40.5 Å². The quantitative estimate of drug-likeness (QED) is 0.226. The van der Waals surface area contributed by atoms with Crippen LogP contribution in [0.2, 0.25) is 0 Å². The normalized spacial score (nSPS) is 113. The first-order chi connectivity index (χ1) is 33.7. The number of thiol groups is 3. The maximum Gasteiger partial charge on any atom is 0.0234 e. The molecule has 35 saturated carbocycles. The van der Waals surface area contributed by atoms with E-state index in [1.165, 1.54) is 167 Å². The predicted octanol–water partition coefficient (Wildman–Crippen LogP) is 9.33. The fourth-order valence-corrected chi connectivity index (χ4v) is 58.4. The third-order valence-electron chi connectivity index (χ3n) is 47.8. The molecule has 35 fully saturated rings. The van der Waals surface area contributed by atoms with Crippen LogP contribution in [0.25, 0.3) is 0 Å². The standard InChI is InChI=1S/C66H64S3/c1-5-11-9-12-13(6-2)51-10(3)22-15(11)25-27-17-29-31-19-33-35-21-39(67)37-38-46-50(38,68)8-7-14-24-47-53(14,69)48-36-20-34-32-18-30-28-16-26(23(12)51)55(51)41(16)58(28)57(27,54(22,25)55)42(17)60(29)61(30,58)44(18)63(32)62(31,60)43(19)59(33)56(35)40(21)49(4,52(24,37)46)66(47,48)65(36,56)45(20)64(34,59)63/h10-48,67-69H,5-9H2,1-4H3/t10?,11?,12?,13?,14?,15?,16?,17?,18?,19?,20?,21?,22?,23?,24?,25?,26?,27?,28?,29?,30?,31?,32?,33?,34?,35?,36?,37?,38?,39?,40?,41?,42?,43?,44?,45?,46?,47?,48-,49?,50?,51?,52?,53?,54?,55?,56?,57?,58?,59?,60?,61?,62?,63?,64?,65?,66?/m1/s1. The van der Waals surface area contributed by atoms with Crippen molar-refractivity contribution < 1.29 is 0 Å². The van der Waals surface area contributed by atoms with Gasteiger partial charge in [-0.3, -0.25) is 0 Å². The second-order valence-corrected chi connectivity index (χ2v) is 41.2. The minimum atomic E-state index is 0.390. The van der Waals surface area contributed by atoms with E-state index in [9.17, 15) is 0 Å². The molecule has 57 atom stereocenters. The molecule has 3 heteroatoms. The summed E-state index contributed by atoms with van der Waals surface area (Å²) in [6, 6.07) is 0. The molecule has 0 heterocycles. The molecule has 69 heavy (non-hydrogen) atoms. The van der Waals surface area contributed by atoms with Crippen molar-refractivity contribution in [3.63, 3.8) is 0 Å². The van der Waals surface area contributed by atoms with Crippen molar-refractivity contribution in [2.45, 2.75) is 74.5 Å². The van der Waals surface area contributed by atoms with Crippen molar-refractivity contribution in [1.82, 2.24) is 0 Å². The molecule has 0 aromatic rings. The molecule has 35 rings (SSSR count). The SMILES string of the molecule is CCC1CC2C(CC)C34C(C)C5C1C1C6C7C8C9C%10C%11C%12C%13C(S)C%14C%15C%16C%15(S)CCC%15C%17C%18C%15(S)[C@H]%15C%19C%20C%21C%22C%23C%24C%25C%26C(C23)C42C%26C%253C6(C7C84C%243C%23C%223C94C%10C%114C%213C%20C%193C%124C%13C(C)(C%14%17%16)C%18%153)C512.